The molecule has 0 saturated heterocycles. The van der Waals surface area contributed by atoms with Crippen LogP contribution < -0.4 is 0 Å². The van der Waals surface area contributed by atoms with Crippen LogP contribution in [0.2, 0.25) is 0 Å². The van der Waals surface area contributed by atoms with Crippen LogP contribution in [-0.2, 0) is 0 Å². The molecule has 11 rings (SSSR count). The van der Waals surface area contributed by atoms with Gasteiger partial charge in [0, 0.05) is 49.1 Å². The maximum Gasteiger partial charge on any atom is 0.189 e. The highest BCUT2D eigenvalue weighted by Gasteiger charge is 2.21. The van der Waals surface area contributed by atoms with E-state index in [2.05, 4.69) is 175 Å². The van der Waals surface area contributed by atoms with Crippen LogP contribution in [0, 0.1) is 13.1 Å². The van der Waals surface area contributed by atoms with Crippen LogP contribution in [-0.4, -0.2) is 13.7 Å². The first-order chi connectivity index (χ1) is 27.2. The molecule has 0 saturated carbocycles. The quantitative estimate of drug-likeness (QED) is 0.163. The van der Waals surface area contributed by atoms with Crippen LogP contribution >= 0.6 is 0 Å². The van der Waals surface area contributed by atoms with Crippen molar-refractivity contribution >= 4 is 76.8 Å². The third-order valence-corrected chi connectivity index (χ3v) is 11.1. The number of fused-ring (bicyclic) bond motifs is 9. The monoisotopic (exact) mass is 699 g/mol. The number of hydrogen-bond acceptors (Lipinski definition) is 0. The SMILES string of the molecule is [C-]#[N+]c1ccc(-n2c3ccccc3c3cc(-n4c5ccccc5c5ccccc54)ccc32)c(-c2ccccc2-n2c3ccccc3c3ccc([N+]#[C-])cc32)c1. The molecule has 5 heteroatoms. The Labute approximate surface area is 316 Å². The summed E-state index contributed by atoms with van der Waals surface area (Å²) in [6, 6.07) is 61.4. The summed E-state index contributed by atoms with van der Waals surface area (Å²) in [7, 11) is 0. The average Bonchev–Trinajstić information content (AvgIpc) is 3.88. The Balaban J connectivity index is 1.19. The highest BCUT2D eigenvalue weighted by Crippen LogP contribution is 2.43. The van der Waals surface area contributed by atoms with Gasteiger partial charge in [-0.05, 0) is 72.3 Å². The number of nitrogens with zero attached hydrogens (tertiary/aromatic N) is 5. The Morgan fingerprint density at radius 1 is 0.309 bits per heavy atom. The first kappa shape index (κ1) is 30.7. The van der Waals surface area contributed by atoms with Crippen LogP contribution in [0.3, 0.4) is 0 Å². The fraction of sp³-hybridized carbons (Fsp3) is 0. The lowest BCUT2D eigenvalue weighted by Crippen LogP contribution is -2.01. The molecule has 0 radical (unpaired) electrons. The lowest BCUT2D eigenvalue weighted by molar-refractivity contribution is 1.16. The Kier molecular flexibility index (Phi) is 6.61. The summed E-state index contributed by atoms with van der Waals surface area (Å²) in [5.41, 5.74) is 12.7. The van der Waals surface area contributed by atoms with Gasteiger partial charge in [0.15, 0.2) is 11.4 Å². The van der Waals surface area contributed by atoms with Gasteiger partial charge in [0.05, 0.1) is 52.1 Å². The van der Waals surface area contributed by atoms with E-state index in [0.717, 1.165) is 71.8 Å². The molecule has 0 spiro atoms. The van der Waals surface area contributed by atoms with Crippen molar-refractivity contribution in [3.05, 3.63) is 199 Å². The predicted molar refractivity (Wildman–Crippen MR) is 227 cm³/mol. The number of rotatable bonds is 4. The van der Waals surface area contributed by atoms with Gasteiger partial charge in [0.25, 0.3) is 0 Å². The number of hydrogen-bond donors (Lipinski definition) is 0. The van der Waals surface area contributed by atoms with Crippen LogP contribution in [0.4, 0.5) is 11.4 Å². The minimum atomic E-state index is 0.570. The van der Waals surface area contributed by atoms with Gasteiger partial charge in [0.1, 0.15) is 0 Å². The molecule has 0 N–H and O–H groups in total. The van der Waals surface area contributed by atoms with Crippen molar-refractivity contribution in [1.29, 1.82) is 0 Å². The number of para-hydroxylation sites is 5. The predicted octanol–water partition coefficient (Wildman–Crippen LogP) is 13.7. The Morgan fingerprint density at radius 3 is 1.40 bits per heavy atom. The maximum absolute atomic E-state index is 8.05. The molecule has 3 aromatic heterocycles. The zero-order valence-electron chi connectivity index (χ0n) is 29.5. The topological polar surface area (TPSA) is 23.5 Å². The van der Waals surface area contributed by atoms with E-state index in [1.54, 1.807) is 0 Å². The van der Waals surface area contributed by atoms with Crippen molar-refractivity contribution in [1.82, 2.24) is 13.7 Å². The van der Waals surface area contributed by atoms with E-state index in [-0.39, 0.29) is 0 Å². The lowest BCUT2D eigenvalue weighted by Gasteiger charge is -2.19. The molecular weight excluding hydrogens is 671 g/mol. The Bertz CT molecular complexity index is 3420. The standard InChI is InChI=1S/C50H29N5/c1-51-32-24-27-48(41(29-32)38-16-6-12-22-47(38)55-45-20-10-5-15-37(45)40-26-23-33(52-2)30-50(40)55)54-46-21-11-7-17-39(46)42-31-34(25-28-49(42)54)53-43-18-8-3-13-35(43)36-14-4-9-19-44(36)53/h3-31H. The van der Waals surface area contributed by atoms with Crippen molar-refractivity contribution < 1.29 is 0 Å². The van der Waals surface area contributed by atoms with Crippen LogP contribution in [0.1, 0.15) is 0 Å². The molecule has 254 valence electrons. The molecule has 0 fully saturated rings. The fourth-order valence-electron chi connectivity index (χ4n) is 8.75. The minimum Gasteiger partial charge on any atom is -0.310 e. The van der Waals surface area contributed by atoms with E-state index in [0.29, 0.717) is 11.4 Å². The Hall–Kier alpha value is -7.86. The molecule has 5 nitrogen and oxygen atoms in total. The molecule has 55 heavy (non-hydrogen) atoms. The number of aromatic nitrogens is 3. The van der Waals surface area contributed by atoms with E-state index in [1.165, 1.54) is 21.8 Å². The van der Waals surface area contributed by atoms with Crippen LogP contribution in [0.25, 0.3) is 103 Å². The van der Waals surface area contributed by atoms with E-state index < -0.39 is 0 Å². The summed E-state index contributed by atoms with van der Waals surface area (Å²) in [4.78, 5) is 7.69. The normalized spacial score (nSPS) is 11.6. The molecule has 8 aromatic carbocycles. The number of benzene rings is 8. The third-order valence-electron chi connectivity index (χ3n) is 11.1. The molecule has 11 aromatic rings. The minimum absolute atomic E-state index is 0.570. The summed E-state index contributed by atoms with van der Waals surface area (Å²) in [5.74, 6) is 0. The molecule has 0 aliphatic carbocycles. The molecule has 0 bridgehead atoms. The van der Waals surface area contributed by atoms with Gasteiger partial charge in [0.2, 0.25) is 0 Å². The Morgan fingerprint density at radius 2 is 0.764 bits per heavy atom. The van der Waals surface area contributed by atoms with Crippen molar-refractivity contribution in [2.45, 2.75) is 0 Å². The van der Waals surface area contributed by atoms with Gasteiger partial charge in [-0.3, -0.25) is 0 Å². The third kappa shape index (κ3) is 4.45. The summed E-state index contributed by atoms with van der Waals surface area (Å²) < 4.78 is 6.99. The van der Waals surface area contributed by atoms with E-state index in [4.69, 9.17) is 13.1 Å². The van der Waals surface area contributed by atoms with Crippen molar-refractivity contribution in [2.24, 2.45) is 0 Å². The second-order valence-electron chi connectivity index (χ2n) is 13.9. The van der Waals surface area contributed by atoms with Gasteiger partial charge in [-0.25, -0.2) is 9.69 Å². The van der Waals surface area contributed by atoms with E-state index in [9.17, 15) is 0 Å². The van der Waals surface area contributed by atoms with Gasteiger partial charge in [-0.1, -0.05) is 109 Å². The lowest BCUT2D eigenvalue weighted by atomic mass is 10.00. The summed E-state index contributed by atoms with van der Waals surface area (Å²) in [6.07, 6.45) is 0. The molecular formula is C50H29N5. The fourth-order valence-corrected chi connectivity index (χ4v) is 8.75. The zero-order chi connectivity index (χ0) is 36.6. The van der Waals surface area contributed by atoms with Crippen molar-refractivity contribution in [3.8, 4) is 28.2 Å². The average molecular weight is 700 g/mol. The first-order valence-corrected chi connectivity index (χ1v) is 18.3. The zero-order valence-corrected chi connectivity index (χ0v) is 29.5. The smallest absolute Gasteiger partial charge is 0.189 e. The highest BCUT2D eigenvalue weighted by molar-refractivity contribution is 6.13. The first-order valence-electron chi connectivity index (χ1n) is 18.3. The van der Waals surface area contributed by atoms with E-state index >= 15 is 0 Å². The van der Waals surface area contributed by atoms with Gasteiger partial charge >= 0.3 is 0 Å². The van der Waals surface area contributed by atoms with Gasteiger partial charge < -0.3 is 13.7 Å². The molecule has 0 atom stereocenters. The van der Waals surface area contributed by atoms with Crippen LogP contribution in [0.15, 0.2) is 176 Å². The summed E-state index contributed by atoms with van der Waals surface area (Å²) >= 11 is 0. The van der Waals surface area contributed by atoms with E-state index in [1.807, 2.05) is 24.3 Å². The van der Waals surface area contributed by atoms with Gasteiger partial charge in [-0.2, -0.15) is 0 Å². The van der Waals surface area contributed by atoms with Crippen LogP contribution in [0.5, 0.6) is 0 Å². The van der Waals surface area contributed by atoms with Crippen molar-refractivity contribution in [2.75, 3.05) is 0 Å². The maximum atomic E-state index is 8.05. The largest absolute Gasteiger partial charge is 0.310 e. The second-order valence-corrected chi connectivity index (χ2v) is 13.9. The molecule has 0 aliphatic heterocycles. The van der Waals surface area contributed by atoms with Gasteiger partial charge in [-0.15, -0.1) is 0 Å². The second kappa shape index (κ2) is 11.8. The molecule has 0 unspecified atom stereocenters. The molecule has 0 aliphatic rings. The molecule has 0 amide bonds. The highest BCUT2D eigenvalue weighted by atomic mass is 15.0. The molecule has 3 heterocycles. The summed E-state index contributed by atoms with van der Waals surface area (Å²) in [6.45, 7) is 15.9. The van der Waals surface area contributed by atoms with Crippen molar-refractivity contribution in [3.63, 3.8) is 0 Å². The summed E-state index contributed by atoms with van der Waals surface area (Å²) in [5, 5.41) is 6.99.